The van der Waals surface area contributed by atoms with Gasteiger partial charge >= 0.3 is 6.18 Å². The number of hydrogen-bond acceptors (Lipinski definition) is 3. The number of hydrogen-bond donors (Lipinski definition) is 1. The summed E-state index contributed by atoms with van der Waals surface area (Å²) in [6, 6.07) is 12.0. The van der Waals surface area contributed by atoms with Crippen molar-refractivity contribution in [3.63, 3.8) is 0 Å². The predicted molar refractivity (Wildman–Crippen MR) is 95.9 cm³/mol. The van der Waals surface area contributed by atoms with E-state index in [4.69, 9.17) is 11.6 Å². The van der Waals surface area contributed by atoms with E-state index in [2.05, 4.69) is 6.58 Å². The van der Waals surface area contributed by atoms with Crippen LogP contribution < -0.4 is 4.90 Å². The molecular weight excluding hydrogens is 365 g/mol. The first-order valence-corrected chi connectivity index (χ1v) is 8.45. The largest absolute Gasteiger partial charge is 0.416 e. The van der Waals surface area contributed by atoms with Gasteiger partial charge in [-0.1, -0.05) is 30.3 Å². The summed E-state index contributed by atoms with van der Waals surface area (Å²) in [6.07, 6.45) is -4.40. The molecule has 1 N–H and O–H groups in total. The highest BCUT2D eigenvalue weighted by molar-refractivity contribution is 6.30. The normalized spacial score (nSPS) is 17.9. The minimum Gasteiger partial charge on any atom is -0.395 e. The maximum atomic E-state index is 13.1. The van der Waals surface area contributed by atoms with Crippen LogP contribution in [0.5, 0.6) is 0 Å². The van der Waals surface area contributed by atoms with Gasteiger partial charge in [-0.2, -0.15) is 13.2 Å². The molecule has 1 atom stereocenters. The van der Waals surface area contributed by atoms with E-state index in [9.17, 15) is 18.3 Å². The quantitative estimate of drug-likeness (QED) is 0.831. The number of rotatable bonds is 4. The molecule has 3 rings (SSSR count). The Bertz CT molecular complexity index is 792. The molecule has 1 saturated heterocycles. The third-order valence-electron chi connectivity index (χ3n) is 4.42. The Hall–Kier alpha value is -2.18. The lowest BCUT2D eigenvalue weighted by Gasteiger charge is -2.27. The van der Waals surface area contributed by atoms with Crippen LogP contribution in [0.15, 0.2) is 60.9 Å². The Morgan fingerprint density at radius 1 is 1.15 bits per heavy atom. The van der Waals surface area contributed by atoms with Crippen LogP contribution in [0.2, 0.25) is 5.02 Å². The average Bonchev–Trinajstić information content (AvgIpc) is 2.92. The molecule has 0 amide bonds. The first kappa shape index (κ1) is 18.6. The van der Waals surface area contributed by atoms with Crippen LogP contribution in [0.4, 0.5) is 18.9 Å². The zero-order valence-electron chi connectivity index (χ0n) is 13.9. The van der Waals surface area contributed by atoms with Gasteiger partial charge in [0.2, 0.25) is 0 Å². The zero-order chi connectivity index (χ0) is 18.9. The summed E-state index contributed by atoms with van der Waals surface area (Å²) in [5.41, 5.74) is 0.635. The minimum absolute atomic E-state index is 0.0667. The Morgan fingerprint density at radius 2 is 1.85 bits per heavy atom. The molecule has 0 bridgehead atoms. The number of nitrogens with zero attached hydrogens (tertiary/aromatic N) is 2. The molecule has 138 valence electrons. The van der Waals surface area contributed by atoms with E-state index in [1.54, 1.807) is 30.3 Å². The van der Waals surface area contributed by atoms with Crippen LogP contribution in [0.3, 0.4) is 0 Å². The highest BCUT2D eigenvalue weighted by atomic mass is 35.5. The molecule has 1 aliphatic rings. The molecule has 2 aromatic rings. The first-order chi connectivity index (χ1) is 12.3. The van der Waals surface area contributed by atoms with Crippen molar-refractivity contribution in [2.24, 2.45) is 0 Å². The van der Waals surface area contributed by atoms with E-state index >= 15 is 0 Å². The second kappa shape index (κ2) is 7.21. The van der Waals surface area contributed by atoms with E-state index in [-0.39, 0.29) is 12.6 Å². The van der Waals surface area contributed by atoms with Gasteiger partial charge in [-0.15, -0.1) is 0 Å². The van der Waals surface area contributed by atoms with Crippen LogP contribution in [-0.2, 0) is 6.18 Å². The highest BCUT2D eigenvalue weighted by Gasteiger charge is 2.36. The molecule has 26 heavy (non-hydrogen) atoms. The monoisotopic (exact) mass is 382 g/mol. The van der Waals surface area contributed by atoms with E-state index in [0.29, 0.717) is 29.5 Å². The standard InChI is InChI=1S/C19H18ClF3N2O/c1-13-24(9-10-26)12-18(25(13)17-7-5-16(20)6-8-17)14-3-2-4-15(11-14)19(21,22)23/h2-8,11,18,26H,1,9-10,12H2/t18-/m1/s1. The topological polar surface area (TPSA) is 26.7 Å². The number of benzene rings is 2. The van der Waals surface area contributed by atoms with Gasteiger partial charge < -0.3 is 14.9 Å². The number of aliphatic hydroxyl groups is 1. The molecule has 1 heterocycles. The van der Waals surface area contributed by atoms with Crippen molar-refractivity contribution >= 4 is 17.3 Å². The number of alkyl halides is 3. The molecule has 0 unspecified atom stereocenters. The number of halogens is 4. The maximum absolute atomic E-state index is 13.1. The lowest BCUT2D eigenvalue weighted by Crippen LogP contribution is -2.24. The van der Waals surface area contributed by atoms with Crippen molar-refractivity contribution in [2.45, 2.75) is 12.2 Å². The molecule has 0 radical (unpaired) electrons. The van der Waals surface area contributed by atoms with Crippen molar-refractivity contribution in [1.82, 2.24) is 4.90 Å². The van der Waals surface area contributed by atoms with Gasteiger partial charge in [-0.25, -0.2) is 0 Å². The Morgan fingerprint density at radius 3 is 2.46 bits per heavy atom. The molecule has 1 aliphatic heterocycles. The summed E-state index contributed by atoms with van der Waals surface area (Å²) in [4.78, 5) is 3.74. The highest BCUT2D eigenvalue weighted by Crippen LogP contribution is 2.40. The Balaban J connectivity index is 2.02. The fraction of sp³-hybridized carbons (Fsp3) is 0.263. The van der Waals surface area contributed by atoms with E-state index < -0.39 is 11.7 Å². The molecule has 0 aliphatic carbocycles. The van der Waals surface area contributed by atoms with Crippen LogP contribution in [-0.4, -0.2) is 29.7 Å². The second-order valence-corrected chi connectivity index (χ2v) is 6.51. The van der Waals surface area contributed by atoms with Crippen molar-refractivity contribution in [3.8, 4) is 0 Å². The molecule has 7 heteroatoms. The molecule has 0 aromatic heterocycles. The summed E-state index contributed by atoms with van der Waals surface area (Å²) in [5.74, 6) is 0.629. The molecule has 3 nitrogen and oxygen atoms in total. The average molecular weight is 383 g/mol. The van der Waals surface area contributed by atoms with Crippen molar-refractivity contribution < 1.29 is 18.3 Å². The van der Waals surface area contributed by atoms with E-state index in [1.165, 1.54) is 12.1 Å². The van der Waals surface area contributed by atoms with Gasteiger partial charge in [0.25, 0.3) is 0 Å². The van der Waals surface area contributed by atoms with Crippen molar-refractivity contribution in [3.05, 3.63) is 77.1 Å². The van der Waals surface area contributed by atoms with E-state index in [1.807, 2.05) is 9.80 Å². The third kappa shape index (κ3) is 3.66. The number of anilines is 1. The van der Waals surface area contributed by atoms with Gasteiger partial charge in [-0.05, 0) is 42.0 Å². The summed E-state index contributed by atoms with van der Waals surface area (Å²) >= 11 is 5.95. The molecule has 1 fully saturated rings. The number of aliphatic hydroxyl groups excluding tert-OH is 1. The summed E-state index contributed by atoms with van der Waals surface area (Å²) in [7, 11) is 0. The van der Waals surface area contributed by atoms with Gasteiger partial charge in [-0.3, -0.25) is 0 Å². The molecular formula is C19H18ClF3N2O. The fourth-order valence-corrected chi connectivity index (χ4v) is 3.30. The Kier molecular flexibility index (Phi) is 5.16. The summed E-state index contributed by atoms with van der Waals surface area (Å²) in [6.45, 7) is 4.79. The van der Waals surface area contributed by atoms with Crippen LogP contribution in [0, 0.1) is 0 Å². The van der Waals surface area contributed by atoms with Crippen LogP contribution in [0.1, 0.15) is 17.2 Å². The number of β-amino-alcohol motifs (C(OH)–C–C–N with tert-alkyl or cyclic N) is 1. The van der Waals surface area contributed by atoms with Crippen LogP contribution in [0.25, 0.3) is 0 Å². The molecule has 2 aromatic carbocycles. The second-order valence-electron chi connectivity index (χ2n) is 6.07. The minimum atomic E-state index is -4.40. The predicted octanol–water partition coefficient (Wildman–Crippen LogP) is 4.69. The zero-order valence-corrected chi connectivity index (χ0v) is 14.6. The van der Waals surface area contributed by atoms with Gasteiger partial charge in [0, 0.05) is 23.8 Å². The lowest BCUT2D eigenvalue weighted by atomic mass is 10.0. The SMILES string of the molecule is C=C1N(CCO)C[C@H](c2cccc(C(F)(F)F)c2)N1c1ccc(Cl)cc1. The first-order valence-electron chi connectivity index (χ1n) is 8.08. The molecule has 0 spiro atoms. The lowest BCUT2D eigenvalue weighted by molar-refractivity contribution is -0.137. The summed E-state index contributed by atoms with van der Waals surface area (Å²) in [5, 5.41) is 9.85. The fourth-order valence-electron chi connectivity index (χ4n) is 3.18. The summed E-state index contributed by atoms with van der Waals surface area (Å²) < 4.78 is 39.3. The maximum Gasteiger partial charge on any atom is 0.416 e. The van der Waals surface area contributed by atoms with Gasteiger partial charge in [0.05, 0.1) is 18.2 Å². The van der Waals surface area contributed by atoms with Crippen molar-refractivity contribution in [2.75, 3.05) is 24.6 Å². The van der Waals surface area contributed by atoms with E-state index in [0.717, 1.165) is 11.8 Å². The smallest absolute Gasteiger partial charge is 0.395 e. The van der Waals surface area contributed by atoms with Gasteiger partial charge in [0.15, 0.2) is 0 Å². The van der Waals surface area contributed by atoms with Crippen LogP contribution >= 0.6 is 11.6 Å². The third-order valence-corrected chi connectivity index (χ3v) is 4.67. The molecule has 0 saturated carbocycles. The Labute approximate surface area is 154 Å². The van der Waals surface area contributed by atoms with Gasteiger partial charge in [0.1, 0.15) is 5.82 Å². The van der Waals surface area contributed by atoms with Crippen molar-refractivity contribution in [1.29, 1.82) is 0 Å².